The van der Waals surface area contributed by atoms with Crippen LogP contribution >= 0.6 is 0 Å². The lowest BCUT2D eigenvalue weighted by Crippen LogP contribution is -2.31. The van der Waals surface area contributed by atoms with Crippen LogP contribution in [0.2, 0.25) is 0 Å². The van der Waals surface area contributed by atoms with Gasteiger partial charge in [0.05, 0.1) is 16.8 Å². The maximum absolute atomic E-state index is 14.0. The number of nitrogens with one attached hydrogen (secondary N) is 1. The van der Waals surface area contributed by atoms with E-state index < -0.39 is 17.6 Å². The first-order valence-electron chi connectivity index (χ1n) is 9.56. The fraction of sp³-hybridized carbons (Fsp3) is 0.125. The molecule has 0 aromatic heterocycles. The van der Waals surface area contributed by atoms with E-state index in [1.807, 2.05) is 30.3 Å². The molecule has 4 rings (SSSR count). The van der Waals surface area contributed by atoms with Gasteiger partial charge in [0.1, 0.15) is 5.82 Å². The van der Waals surface area contributed by atoms with Gasteiger partial charge in [-0.3, -0.25) is 19.3 Å². The molecular weight excluding hydrogens is 383 g/mol. The summed E-state index contributed by atoms with van der Waals surface area (Å²) in [7, 11) is 0. The Labute approximate surface area is 173 Å². The zero-order chi connectivity index (χ0) is 21.3. The standard InChI is InChI=1S/C24H19FN2O3/c1-15-7-10-21(20(25)13-15)26-22(28)17-8-9-18-19(14-17)24(30)27(23(18)29)12-11-16-5-3-2-4-6-16/h2-10,13-14H,11-12H2,1H3,(H,26,28). The van der Waals surface area contributed by atoms with Crippen LogP contribution in [0.25, 0.3) is 0 Å². The van der Waals surface area contributed by atoms with Gasteiger partial charge in [-0.25, -0.2) is 4.39 Å². The summed E-state index contributed by atoms with van der Waals surface area (Å²) in [6.07, 6.45) is 0.548. The fourth-order valence-corrected chi connectivity index (χ4v) is 3.44. The van der Waals surface area contributed by atoms with Crippen molar-refractivity contribution < 1.29 is 18.8 Å². The fourth-order valence-electron chi connectivity index (χ4n) is 3.44. The molecule has 1 aliphatic heterocycles. The van der Waals surface area contributed by atoms with Crippen molar-refractivity contribution in [3.05, 3.63) is 100 Å². The van der Waals surface area contributed by atoms with E-state index in [-0.39, 0.29) is 34.8 Å². The van der Waals surface area contributed by atoms with Crippen molar-refractivity contribution in [1.29, 1.82) is 0 Å². The Morgan fingerprint density at radius 2 is 1.67 bits per heavy atom. The molecule has 150 valence electrons. The number of rotatable bonds is 5. The molecule has 3 aromatic carbocycles. The summed E-state index contributed by atoms with van der Waals surface area (Å²) in [4.78, 5) is 39.1. The van der Waals surface area contributed by atoms with Crippen molar-refractivity contribution >= 4 is 23.4 Å². The molecule has 0 spiro atoms. The molecule has 0 atom stereocenters. The molecule has 3 amide bonds. The Bertz CT molecular complexity index is 1160. The molecule has 0 fully saturated rings. The lowest BCUT2D eigenvalue weighted by Gasteiger charge is -2.13. The number of halogens is 1. The minimum absolute atomic E-state index is 0.0537. The molecule has 0 bridgehead atoms. The second-order valence-electron chi connectivity index (χ2n) is 7.20. The van der Waals surface area contributed by atoms with Gasteiger partial charge in [-0.2, -0.15) is 0 Å². The number of hydrogen-bond acceptors (Lipinski definition) is 3. The number of benzene rings is 3. The van der Waals surface area contributed by atoms with Gasteiger partial charge in [0, 0.05) is 12.1 Å². The number of carbonyl (C=O) groups excluding carboxylic acids is 3. The number of aryl methyl sites for hydroxylation is 1. The minimum atomic E-state index is -0.552. The van der Waals surface area contributed by atoms with Crippen LogP contribution in [-0.4, -0.2) is 29.2 Å². The number of carbonyl (C=O) groups is 3. The van der Waals surface area contributed by atoms with Crippen LogP contribution in [0.1, 0.15) is 42.2 Å². The molecule has 5 nitrogen and oxygen atoms in total. The first-order chi connectivity index (χ1) is 14.4. The minimum Gasteiger partial charge on any atom is -0.319 e. The van der Waals surface area contributed by atoms with E-state index in [2.05, 4.69) is 5.32 Å². The number of imide groups is 1. The third kappa shape index (κ3) is 3.72. The predicted octanol–water partition coefficient (Wildman–Crippen LogP) is 4.23. The molecule has 0 saturated carbocycles. The van der Waals surface area contributed by atoms with E-state index in [1.165, 1.54) is 35.2 Å². The summed E-state index contributed by atoms with van der Waals surface area (Å²) < 4.78 is 14.0. The van der Waals surface area contributed by atoms with Crippen LogP contribution < -0.4 is 5.32 Å². The van der Waals surface area contributed by atoms with Crippen molar-refractivity contribution in [2.45, 2.75) is 13.3 Å². The van der Waals surface area contributed by atoms with Crippen LogP contribution in [0, 0.1) is 12.7 Å². The van der Waals surface area contributed by atoms with E-state index in [1.54, 1.807) is 13.0 Å². The molecule has 0 saturated heterocycles. The molecule has 0 unspecified atom stereocenters. The molecule has 1 aliphatic rings. The molecular formula is C24H19FN2O3. The van der Waals surface area contributed by atoms with Gasteiger partial charge in [-0.05, 0) is 54.8 Å². The van der Waals surface area contributed by atoms with Gasteiger partial charge in [-0.15, -0.1) is 0 Å². The van der Waals surface area contributed by atoms with Crippen LogP contribution in [-0.2, 0) is 6.42 Å². The second-order valence-corrected chi connectivity index (χ2v) is 7.20. The summed E-state index contributed by atoms with van der Waals surface area (Å²) >= 11 is 0. The Balaban J connectivity index is 1.51. The van der Waals surface area contributed by atoms with Crippen molar-refractivity contribution in [3.63, 3.8) is 0 Å². The molecule has 0 aliphatic carbocycles. The van der Waals surface area contributed by atoms with Crippen LogP contribution in [0.15, 0.2) is 66.7 Å². The monoisotopic (exact) mass is 402 g/mol. The van der Waals surface area contributed by atoms with E-state index in [9.17, 15) is 18.8 Å². The highest BCUT2D eigenvalue weighted by Crippen LogP contribution is 2.25. The average Bonchev–Trinajstić information content (AvgIpc) is 2.98. The normalized spacial score (nSPS) is 12.8. The lowest BCUT2D eigenvalue weighted by atomic mass is 10.1. The van der Waals surface area contributed by atoms with Crippen molar-refractivity contribution in [2.75, 3.05) is 11.9 Å². The van der Waals surface area contributed by atoms with Gasteiger partial charge in [0.15, 0.2) is 0 Å². The predicted molar refractivity (Wildman–Crippen MR) is 111 cm³/mol. The maximum Gasteiger partial charge on any atom is 0.261 e. The van der Waals surface area contributed by atoms with Gasteiger partial charge in [0.25, 0.3) is 17.7 Å². The van der Waals surface area contributed by atoms with E-state index in [0.717, 1.165) is 11.1 Å². The topological polar surface area (TPSA) is 66.5 Å². The highest BCUT2D eigenvalue weighted by atomic mass is 19.1. The highest BCUT2D eigenvalue weighted by Gasteiger charge is 2.35. The first-order valence-corrected chi connectivity index (χ1v) is 9.56. The van der Waals surface area contributed by atoms with Crippen LogP contribution in [0.4, 0.5) is 10.1 Å². The summed E-state index contributed by atoms with van der Waals surface area (Å²) in [5, 5.41) is 2.51. The van der Waals surface area contributed by atoms with Crippen LogP contribution in [0.3, 0.4) is 0 Å². The summed E-state index contributed by atoms with van der Waals surface area (Å²) in [6, 6.07) is 18.4. The molecule has 3 aromatic rings. The number of fused-ring (bicyclic) bond motifs is 1. The highest BCUT2D eigenvalue weighted by molar-refractivity contribution is 6.22. The number of anilines is 1. The number of nitrogens with zero attached hydrogens (tertiary/aromatic N) is 1. The third-order valence-corrected chi connectivity index (χ3v) is 5.07. The Morgan fingerprint density at radius 3 is 2.40 bits per heavy atom. The van der Waals surface area contributed by atoms with Crippen molar-refractivity contribution in [3.8, 4) is 0 Å². The number of amides is 3. The molecule has 30 heavy (non-hydrogen) atoms. The average molecular weight is 402 g/mol. The largest absolute Gasteiger partial charge is 0.319 e. The zero-order valence-corrected chi connectivity index (χ0v) is 16.3. The molecule has 1 N–H and O–H groups in total. The Morgan fingerprint density at radius 1 is 0.933 bits per heavy atom. The smallest absolute Gasteiger partial charge is 0.261 e. The molecule has 0 radical (unpaired) electrons. The summed E-state index contributed by atoms with van der Waals surface area (Å²) in [5.41, 5.74) is 2.45. The SMILES string of the molecule is Cc1ccc(NC(=O)c2ccc3c(c2)C(=O)N(CCc2ccccc2)C3=O)c(F)c1. The maximum atomic E-state index is 14.0. The molecule has 1 heterocycles. The van der Waals surface area contributed by atoms with Gasteiger partial charge >= 0.3 is 0 Å². The van der Waals surface area contributed by atoms with Crippen molar-refractivity contribution in [1.82, 2.24) is 4.90 Å². The van der Waals surface area contributed by atoms with Crippen molar-refractivity contribution in [2.24, 2.45) is 0 Å². The van der Waals surface area contributed by atoms with E-state index in [4.69, 9.17) is 0 Å². The van der Waals surface area contributed by atoms with Gasteiger partial charge in [0.2, 0.25) is 0 Å². The van der Waals surface area contributed by atoms with Gasteiger partial charge < -0.3 is 5.32 Å². The van der Waals surface area contributed by atoms with Gasteiger partial charge in [-0.1, -0.05) is 36.4 Å². The van der Waals surface area contributed by atoms with E-state index >= 15 is 0 Å². The second kappa shape index (κ2) is 7.91. The summed E-state index contributed by atoms with van der Waals surface area (Å²) in [6.45, 7) is 2.01. The number of hydrogen-bond donors (Lipinski definition) is 1. The lowest BCUT2D eigenvalue weighted by molar-refractivity contribution is 0.0656. The molecule has 6 heteroatoms. The van der Waals surface area contributed by atoms with Crippen LogP contribution in [0.5, 0.6) is 0 Å². The van der Waals surface area contributed by atoms with E-state index in [0.29, 0.717) is 6.42 Å². The Kier molecular flexibility index (Phi) is 5.14. The first kappa shape index (κ1) is 19.5. The third-order valence-electron chi connectivity index (χ3n) is 5.07. The summed E-state index contributed by atoms with van der Waals surface area (Å²) in [5.74, 6) is -1.89. The quantitative estimate of drug-likeness (QED) is 0.650. The zero-order valence-electron chi connectivity index (χ0n) is 16.3. The Hall–Kier alpha value is -3.80.